The van der Waals surface area contributed by atoms with Crippen LogP contribution in [-0.2, 0) is 9.47 Å². The first-order chi connectivity index (χ1) is 7.09. The molecule has 98 valence electrons. The van der Waals surface area contributed by atoms with Crippen molar-refractivity contribution in [2.24, 2.45) is 4.99 Å². The molecule has 0 saturated carbocycles. The van der Waals surface area contributed by atoms with Crippen molar-refractivity contribution in [1.29, 1.82) is 0 Å². The van der Waals surface area contributed by atoms with Gasteiger partial charge in [-0.25, -0.2) is 0 Å². The second-order valence-electron chi connectivity index (χ2n) is 3.58. The summed E-state index contributed by atoms with van der Waals surface area (Å²) in [5, 5.41) is 0. The van der Waals surface area contributed by atoms with E-state index in [0.717, 1.165) is 5.96 Å². The molecule has 5 nitrogen and oxygen atoms in total. The van der Waals surface area contributed by atoms with E-state index in [0.29, 0.717) is 26.4 Å². The number of ether oxygens (including phenoxy) is 2. The molecule has 0 radical (unpaired) electrons. The van der Waals surface area contributed by atoms with Gasteiger partial charge in [0.2, 0.25) is 0 Å². The molecule has 6 heteroatoms. The lowest BCUT2D eigenvalue weighted by molar-refractivity contribution is 0.0747. The molecule has 16 heavy (non-hydrogen) atoms. The van der Waals surface area contributed by atoms with Crippen LogP contribution in [0.5, 0.6) is 0 Å². The lowest BCUT2D eigenvalue weighted by Gasteiger charge is -2.22. The van der Waals surface area contributed by atoms with Crippen LogP contribution in [0.4, 0.5) is 0 Å². The molecule has 0 atom stereocenters. The molecule has 0 spiro atoms. The van der Waals surface area contributed by atoms with Gasteiger partial charge in [0.05, 0.1) is 26.4 Å². The number of rotatable bonds is 6. The van der Waals surface area contributed by atoms with E-state index in [1.165, 1.54) is 0 Å². The first-order valence-corrected chi connectivity index (χ1v) is 5.05. The Bertz CT molecular complexity index is 177. The van der Waals surface area contributed by atoms with E-state index in [1.54, 1.807) is 7.11 Å². The Balaban J connectivity index is 0. The van der Waals surface area contributed by atoms with E-state index in [9.17, 15) is 0 Å². The van der Waals surface area contributed by atoms with Crippen LogP contribution in [0.2, 0.25) is 0 Å². The average Bonchev–Trinajstić information content (AvgIpc) is 2.15. The number of hydrogen-bond acceptors (Lipinski definition) is 3. The molecular weight excluding hydrogens is 321 g/mol. The standard InChI is InChI=1S/C10H23N3O2.HI/c1-12(2)10(13(3)4)11-6-7-15-9-8-14-5;/h6-9H2,1-5H3;1H. The molecule has 0 aromatic carbocycles. The Morgan fingerprint density at radius 3 is 2.00 bits per heavy atom. The topological polar surface area (TPSA) is 37.3 Å². The molecule has 0 aliphatic rings. The Morgan fingerprint density at radius 2 is 1.56 bits per heavy atom. The maximum absolute atomic E-state index is 5.31. The number of methoxy groups -OCH3 is 1. The smallest absolute Gasteiger partial charge is 0.195 e. The highest BCUT2D eigenvalue weighted by Crippen LogP contribution is 1.89. The molecule has 0 unspecified atom stereocenters. The van der Waals surface area contributed by atoms with Crippen molar-refractivity contribution in [3.63, 3.8) is 0 Å². The first-order valence-electron chi connectivity index (χ1n) is 5.05. The minimum Gasteiger partial charge on any atom is -0.382 e. The van der Waals surface area contributed by atoms with Crippen molar-refractivity contribution in [3.8, 4) is 0 Å². The molecule has 0 heterocycles. The molecule has 0 amide bonds. The van der Waals surface area contributed by atoms with Crippen molar-refractivity contribution < 1.29 is 9.47 Å². The number of aliphatic imine (C=N–C) groups is 1. The summed E-state index contributed by atoms with van der Waals surface area (Å²) < 4.78 is 10.2. The summed E-state index contributed by atoms with van der Waals surface area (Å²) in [7, 11) is 9.57. The predicted octanol–water partition coefficient (Wildman–Crippen LogP) is 0.747. The van der Waals surface area contributed by atoms with Gasteiger partial charge in [0.1, 0.15) is 0 Å². The van der Waals surface area contributed by atoms with Gasteiger partial charge in [-0.05, 0) is 0 Å². The zero-order valence-electron chi connectivity index (χ0n) is 10.9. The molecule has 0 bridgehead atoms. The second-order valence-corrected chi connectivity index (χ2v) is 3.58. The predicted molar refractivity (Wildman–Crippen MR) is 77.8 cm³/mol. The third kappa shape index (κ3) is 9.17. The maximum Gasteiger partial charge on any atom is 0.195 e. The van der Waals surface area contributed by atoms with Gasteiger partial charge in [-0.1, -0.05) is 0 Å². The van der Waals surface area contributed by atoms with E-state index in [4.69, 9.17) is 9.47 Å². The molecule has 0 saturated heterocycles. The van der Waals surface area contributed by atoms with Crippen molar-refractivity contribution in [2.45, 2.75) is 0 Å². The van der Waals surface area contributed by atoms with Crippen LogP contribution in [-0.4, -0.2) is 77.4 Å². The summed E-state index contributed by atoms with van der Waals surface area (Å²) in [6.45, 7) is 2.58. The van der Waals surface area contributed by atoms with Crippen LogP contribution in [0.25, 0.3) is 0 Å². The van der Waals surface area contributed by atoms with Crippen LogP contribution in [0.1, 0.15) is 0 Å². The third-order valence-corrected chi connectivity index (χ3v) is 1.72. The van der Waals surface area contributed by atoms with Gasteiger partial charge in [0, 0.05) is 35.3 Å². The monoisotopic (exact) mass is 345 g/mol. The number of guanidine groups is 1. The molecule has 0 aromatic rings. The Labute approximate surface area is 116 Å². The van der Waals surface area contributed by atoms with Gasteiger partial charge < -0.3 is 19.3 Å². The first kappa shape index (κ1) is 18.3. The lowest BCUT2D eigenvalue weighted by atomic mass is 10.6. The van der Waals surface area contributed by atoms with Crippen LogP contribution in [0.15, 0.2) is 4.99 Å². The quantitative estimate of drug-likeness (QED) is 0.308. The highest BCUT2D eigenvalue weighted by Gasteiger charge is 2.02. The van der Waals surface area contributed by atoms with E-state index in [1.807, 2.05) is 38.0 Å². The number of hydrogen-bond donors (Lipinski definition) is 0. The van der Waals surface area contributed by atoms with Gasteiger partial charge in [-0.15, -0.1) is 24.0 Å². The van der Waals surface area contributed by atoms with Gasteiger partial charge >= 0.3 is 0 Å². The SMILES string of the molecule is COCCOCCN=C(N(C)C)N(C)C.I. The van der Waals surface area contributed by atoms with Crippen LogP contribution in [0.3, 0.4) is 0 Å². The van der Waals surface area contributed by atoms with Gasteiger partial charge in [0.25, 0.3) is 0 Å². The molecule has 0 fully saturated rings. The minimum absolute atomic E-state index is 0. The second kappa shape index (κ2) is 11.4. The van der Waals surface area contributed by atoms with Gasteiger partial charge in [-0.2, -0.15) is 0 Å². The summed E-state index contributed by atoms with van der Waals surface area (Å²) >= 11 is 0. The number of nitrogens with zero attached hydrogens (tertiary/aromatic N) is 3. The summed E-state index contributed by atoms with van der Waals surface area (Å²) in [6.07, 6.45) is 0. The number of halogens is 1. The van der Waals surface area contributed by atoms with E-state index in [-0.39, 0.29) is 24.0 Å². The van der Waals surface area contributed by atoms with Crippen molar-refractivity contribution >= 4 is 29.9 Å². The average molecular weight is 345 g/mol. The summed E-state index contributed by atoms with van der Waals surface area (Å²) in [4.78, 5) is 8.39. The third-order valence-electron chi connectivity index (χ3n) is 1.72. The summed E-state index contributed by atoms with van der Waals surface area (Å²) in [5.74, 6) is 0.949. The zero-order chi connectivity index (χ0) is 11.7. The summed E-state index contributed by atoms with van der Waals surface area (Å²) in [6, 6.07) is 0. The normalized spacial score (nSPS) is 9.31. The molecule has 0 rings (SSSR count). The van der Waals surface area contributed by atoms with Crippen molar-refractivity contribution in [2.75, 3.05) is 61.7 Å². The maximum atomic E-state index is 5.31. The fourth-order valence-electron chi connectivity index (χ4n) is 1.14. The van der Waals surface area contributed by atoms with Crippen LogP contribution >= 0.6 is 24.0 Å². The molecule has 0 N–H and O–H groups in total. The molecular formula is C10H24IN3O2. The summed E-state index contributed by atoms with van der Waals surface area (Å²) in [5.41, 5.74) is 0. The highest BCUT2D eigenvalue weighted by molar-refractivity contribution is 14.0. The Kier molecular flexibility index (Phi) is 13.0. The van der Waals surface area contributed by atoms with Crippen molar-refractivity contribution in [3.05, 3.63) is 0 Å². The minimum atomic E-state index is 0. The zero-order valence-corrected chi connectivity index (χ0v) is 13.2. The highest BCUT2D eigenvalue weighted by atomic mass is 127. The van der Waals surface area contributed by atoms with Crippen molar-refractivity contribution in [1.82, 2.24) is 9.80 Å². The van der Waals surface area contributed by atoms with Gasteiger partial charge in [-0.3, -0.25) is 4.99 Å². The van der Waals surface area contributed by atoms with E-state index in [2.05, 4.69) is 4.99 Å². The van der Waals surface area contributed by atoms with Gasteiger partial charge in [0.15, 0.2) is 5.96 Å². The van der Waals surface area contributed by atoms with E-state index >= 15 is 0 Å². The Morgan fingerprint density at radius 1 is 1.00 bits per heavy atom. The van der Waals surface area contributed by atoms with Crippen LogP contribution in [0, 0.1) is 0 Å². The fraction of sp³-hybridized carbons (Fsp3) is 0.900. The molecule has 0 aromatic heterocycles. The van der Waals surface area contributed by atoms with E-state index < -0.39 is 0 Å². The van der Waals surface area contributed by atoms with Crippen LogP contribution < -0.4 is 0 Å². The lowest BCUT2D eigenvalue weighted by Crippen LogP contribution is -2.35. The Hall–Kier alpha value is -0.0800. The largest absolute Gasteiger partial charge is 0.382 e. The molecule has 0 aliphatic carbocycles. The molecule has 0 aliphatic heterocycles. The fourth-order valence-corrected chi connectivity index (χ4v) is 1.14.